The minimum absolute atomic E-state index is 0.0793. The molecule has 0 fully saturated rings. The van der Waals surface area contributed by atoms with E-state index in [1.165, 1.54) is 6.07 Å². The molecule has 1 aromatic rings. The molecule has 1 amide bonds. The van der Waals surface area contributed by atoms with Crippen LogP contribution in [0.1, 0.15) is 30.9 Å². The SMILES string of the molecule is CCCNC(=O)CCNS(=O)(=O)c1ccc(CN)cc1C. The molecule has 1 aromatic carbocycles. The Balaban J connectivity index is 2.63. The summed E-state index contributed by atoms with van der Waals surface area (Å²) in [4.78, 5) is 11.6. The number of amides is 1. The number of rotatable bonds is 8. The van der Waals surface area contributed by atoms with E-state index in [2.05, 4.69) is 10.0 Å². The van der Waals surface area contributed by atoms with Gasteiger partial charge >= 0.3 is 0 Å². The van der Waals surface area contributed by atoms with Gasteiger partial charge in [-0.1, -0.05) is 19.1 Å². The van der Waals surface area contributed by atoms with Crippen LogP contribution in [0.25, 0.3) is 0 Å². The van der Waals surface area contributed by atoms with Crippen LogP contribution in [0.2, 0.25) is 0 Å². The number of nitrogens with one attached hydrogen (secondary N) is 2. The van der Waals surface area contributed by atoms with Gasteiger partial charge in [-0.15, -0.1) is 0 Å². The number of benzene rings is 1. The first-order valence-electron chi connectivity index (χ1n) is 6.96. The fourth-order valence-corrected chi connectivity index (χ4v) is 3.13. The second-order valence-corrected chi connectivity index (χ2v) is 6.54. The molecule has 0 unspecified atom stereocenters. The predicted molar refractivity (Wildman–Crippen MR) is 82.2 cm³/mol. The van der Waals surface area contributed by atoms with Crippen molar-refractivity contribution in [1.82, 2.24) is 10.0 Å². The monoisotopic (exact) mass is 313 g/mol. The first-order chi connectivity index (χ1) is 9.90. The molecule has 0 saturated carbocycles. The number of nitrogens with two attached hydrogens (primary N) is 1. The van der Waals surface area contributed by atoms with E-state index >= 15 is 0 Å². The molecule has 0 aliphatic carbocycles. The van der Waals surface area contributed by atoms with Crippen LogP contribution in [-0.2, 0) is 21.4 Å². The molecule has 7 heteroatoms. The number of sulfonamides is 1. The van der Waals surface area contributed by atoms with Gasteiger partial charge in [0.25, 0.3) is 0 Å². The minimum atomic E-state index is -3.60. The first-order valence-corrected chi connectivity index (χ1v) is 8.45. The highest BCUT2D eigenvalue weighted by atomic mass is 32.2. The molecule has 0 heterocycles. The summed E-state index contributed by atoms with van der Waals surface area (Å²) in [6, 6.07) is 4.98. The zero-order valence-electron chi connectivity index (χ0n) is 12.5. The summed E-state index contributed by atoms with van der Waals surface area (Å²) in [5, 5.41) is 2.70. The first kappa shape index (κ1) is 17.6. The third kappa shape index (κ3) is 5.45. The van der Waals surface area contributed by atoms with Crippen LogP contribution in [0.3, 0.4) is 0 Å². The van der Waals surface area contributed by atoms with Crippen molar-refractivity contribution < 1.29 is 13.2 Å². The van der Waals surface area contributed by atoms with E-state index in [0.717, 1.165) is 12.0 Å². The average Bonchev–Trinajstić information content (AvgIpc) is 2.44. The van der Waals surface area contributed by atoms with Gasteiger partial charge in [-0.3, -0.25) is 4.79 Å². The number of hydrogen-bond acceptors (Lipinski definition) is 4. The number of carbonyl (C=O) groups excluding carboxylic acids is 1. The van der Waals surface area contributed by atoms with Gasteiger partial charge in [-0.05, 0) is 30.5 Å². The van der Waals surface area contributed by atoms with Gasteiger partial charge in [0.15, 0.2) is 0 Å². The normalized spacial score (nSPS) is 11.4. The highest BCUT2D eigenvalue weighted by molar-refractivity contribution is 7.89. The lowest BCUT2D eigenvalue weighted by Crippen LogP contribution is -2.31. The molecule has 6 nitrogen and oxygen atoms in total. The van der Waals surface area contributed by atoms with E-state index in [0.29, 0.717) is 18.7 Å². The second kappa shape index (κ2) is 8.11. The molecule has 1 rings (SSSR count). The third-order valence-corrected chi connectivity index (χ3v) is 4.60. The van der Waals surface area contributed by atoms with Gasteiger partial charge in [-0.25, -0.2) is 13.1 Å². The zero-order valence-corrected chi connectivity index (χ0v) is 13.3. The predicted octanol–water partition coefficient (Wildman–Crippen LogP) is 0.648. The molecular formula is C14H23N3O3S. The van der Waals surface area contributed by atoms with Crippen molar-refractivity contribution >= 4 is 15.9 Å². The largest absolute Gasteiger partial charge is 0.356 e. The Morgan fingerprint density at radius 1 is 1.29 bits per heavy atom. The van der Waals surface area contributed by atoms with Crippen LogP contribution in [0.15, 0.2) is 23.1 Å². The van der Waals surface area contributed by atoms with Crippen molar-refractivity contribution in [2.45, 2.75) is 38.1 Å². The lowest BCUT2D eigenvalue weighted by atomic mass is 10.1. The molecular weight excluding hydrogens is 290 g/mol. The number of carbonyl (C=O) groups is 1. The zero-order chi connectivity index (χ0) is 15.9. The van der Waals surface area contributed by atoms with Gasteiger partial charge in [0, 0.05) is 26.1 Å². The van der Waals surface area contributed by atoms with Crippen LogP contribution >= 0.6 is 0 Å². The Morgan fingerprint density at radius 3 is 2.57 bits per heavy atom. The lowest BCUT2D eigenvalue weighted by molar-refractivity contribution is -0.120. The second-order valence-electron chi connectivity index (χ2n) is 4.80. The van der Waals surface area contributed by atoms with Crippen LogP contribution < -0.4 is 15.8 Å². The van der Waals surface area contributed by atoms with E-state index in [-0.39, 0.29) is 23.8 Å². The van der Waals surface area contributed by atoms with Crippen LogP contribution in [0.5, 0.6) is 0 Å². The maximum Gasteiger partial charge on any atom is 0.240 e. The summed E-state index contributed by atoms with van der Waals surface area (Å²) in [7, 11) is -3.60. The van der Waals surface area contributed by atoms with Crippen molar-refractivity contribution in [1.29, 1.82) is 0 Å². The molecule has 0 aliphatic heterocycles. The summed E-state index contributed by atoms with van der Waals surface area (Å²) in [5.74, 6) is -0.158. The van der Waals surface area contributed by atoms with Crippen molar-refractivity contribution in [2.24, 2.45) is 5.73 Å². The van der Waals surface area contributed by atoms with E-state index in [4.69, 9.17) is 5.73 Å². The molecule has 0 atom stereocenters. The van der Waals surface area contributed by atoms with Crippen molar-refractivity contribution in [3.05, 3.63) is 29.3 Å². The fraction of sp³-hybridized carbons (Fsp3) is 0.500. The molecule has 118 valence electrons. The van der Waals surface area contributed by atoms with E-state index in [1.807, 2.05) is 6.92 Å². The Morgan fingerprint density at radius 2 is 2.00 bits per heavy atom. The molecule has 21 heavy (non-hydrogen) atoms. The molecule has 0 aromatic heterocycles. The average molecular weight is 313 g/mol. The Kier molecular flexibility index (Phi) is 6.80. The Bertz CT molecular complexity index is 585. The van der Waals surface area contributed by atoms with Crippen molar-refractivity contribution in [3.63, 3.8) is 0 Å². The highest BCUT2D eigenvalue weighted by Gasteiger charge is 2.16. The van der Waals surface area contributed by atoms with Gasteiger partial charge in [-0.2, -0.15) is 0 Å². The minimum Gasteiger partial charge on any atom is -0.356 e. The molecule has 0 radical (unpaired) electrons. The molecule has 0 saturated heterocycles. The van der Waals surface area contributed by atoms with Crippen molar-refractivity contribution in [3.8, 4) is 0 Å². The van der Waals surface area contributed by atoms with E-state index < -0.39 is 10.0 Å². The van der Waals surface area contributed by atoms with Crippen LogP contribution in [0, 0.1) is 6.92 Å². The smallest absolute Gasteiger partial charge is 0.240 e. The standard InChI is InChI=1S/C14H23N3O3S/c1-3-7-16-14(18)6-8-17-21(19,20)13-5-4-12(10-15)9-11(13)2/h4-5,9,17H,3,6-8,10,15H2,1-2H3,(H,16,18). The fourth-order valence-electron chi connectivity index (χ4n) is 1.87. The highest BCUT2D eigenvalue weighted by Crippen LogP contribution is 2.16. The van der Waals surface area contributed by atoms with Gasteiger partial charge in [0.1, 0.15) is 0 Å². The third-order valence-electron chi connectivity index (χ3n) is 2.98. The molecule has 0 aliphatic rings. The van der Waals surface area contributed by atoms with Gasteiger partial charge in [0.05, 0.1) is 4.90 Å². The Labute approximate surface area is 126 Å². The Hall–Kier alpha value is -1.44. The summed E-state index contributed by atoms with van der Waals surface area (Å²) in [6.07, 6.45) is 0.976. The molecule has 0 bridgehead atoms. The summed E-state index contributed by atoms with van der Waals surface area (Å²) >= 11 is 0. The maximum atomic E-state index is 12.2. The topological polar surface area (TPSA) is 101 Å². The summed E-state index contributed by atoms with van der Waals surface area (Å²) in [5.41, 5.74) is 7.04. The quantitative estimate of drug-likeness (QED) is 0.656. The maximum absolute atomic E-state index is 12.2. The van der Waals surface area contributed by atoms with E-state index in [1.54, 1.807) is 19.1 Å². The van der Waals surface area contributed by atoms with E-state index in [9.17, 15) is 13.2 Å². The summed E-state index contributed by atoms with van der Waals surface area (Å²) < 4.78 is 26.8. The lowest BCUT2D eigenvalue weighted by Gasteiger charge is -2.10. The van der Waals surface area contributed by atoms with Gasteiger partial charge < -0.3 is 11.1 Å². The van der Waals surface area contributed by atoms with Gasteiger partial charge in [0.2, 0.25) is 15.9 Å². The van der Waals surface area contributed by atoms with Crippen molar-refractivity contribution in [2.75, 3.05) is 13.1 Å². The molecule has 4 N–H and O–H groups in total. The van der Waals surface area contributed by atoms with Crippen LogP contribution in [-0.4, -0.2) is 27.4 Å². The van der Waals surface area contributed by atoms with Crippen LogP contribution in [0.4, 0.5) is 0 Å². The number of hydrogen-bond donors (Lipinski definition) is 3. The number of aryl methyl sites for hydroxylation is 1. The molecule has 0 spiro atoms. The summed E-state index contributed by atoms with van der Waals surface area (Å²) in [6.45, 7) is 4.73.